The molecule has 2 N–H and O–H groups in total. The Labute approximate surface area is 187 Å². The van der Waals surface area contributed by atoms with Crippen molar-refractivity contribution in [3.05, 3.63) is 65.1 Å². The molecule has 0 atom stereocenters. The Balaban J connectivity index is 1.50. The number of ether oxygens (including phenoxy) is 1. The molecular weight excluding hydrogens is 407 g/mol. The van der Waals surface area contributed by atoms with Gasteiger partial charge in [0.1, 0.15) is 17.6 Å². The van der Waals surface area contributed by atoms with E-state index in [1.165, 1.54) is 0 Å². The summed E-state index contributed by atoms with van der Waals surface area (Å²) in [7, 11) is -0.609. The highest BCUT2D eigenvalue weighted by atomic mass is 16.7. The molecule has 0 radical (unpaired) electrons. The van der Waals surface area contributed by atoms with Crippen LogP contribution < -0.4 is 5.32 Å². The Morgan fingerprint density at radius 2 is 1.75 bits per heavy atom. The van der Waals surface area contributed by atoms with Gasteiger partial charge in [0.05, 0.1) is 11.2 Å². The summed E-state index contributed by atoms with van der Waals surface area (Å²) >= 11 is 0. The fraction of sp³-hybridized carbons (Fsp3) is 0.348. The van der Waals surface area contributed by atoms with Gasteiger partial charge in [0.15, 0.2) is 0 Å². The first-order valence-corrected chi connectivity index (χ1v) is 10.5. The molecule has 0 bridgehead atoms. The minimum absolute atomic E-state index is 0.199. The molecule has 2 aromatic carbocycles. The summed E-state index contributed by atoms with van der Waals surface area (Å²) in [4.78, 5) is 12.3. The smallest absolute Gasteiger partial charge is 0.445 e. The number of benzene rings is 2. The maximum atomic E-state index is 12.3. The van der Waals surface area contributed by atoms with Gasteiger partial charge < -0.3 is 19.4 Å². The summed E-state index contributed by atoms with van der Waals surface area (Å²) in [6.45, 7) is 8.38. The highest BCUT2D eigenvalue weighted by Gasteiger charge is 2.52. The SMILES string of the molecule is CC1(C)OB(C(=Cc2ccc3n[nH]nc3c2)CNC(=O)OCc2ccccc2)OC1(C)C. The molecule has 0 spiro atoms. The van der Waals surface area contributed by atoms with Crippen molar-refractivity contribution in [1.29, 1.82) is 0 Å². The van der Waals surface area contributed by atoms with E-state index in [1.54, 1.807) is 0 Å². The standard InChI is InChI=1S/C23H27BN4O4/c1-22(2)23(3,4)32-24(31-22)18(12-17-10-11-19-20(13-17)27-28-26-19)14-25-21(29)30-15-16-8-6-5-7-9-16/h5-13H,14-15H2,1-4H3,(H,25,29)(H,26,27,28). The molecule has 3 aromatic rings. The van der Waals surface area contributed by atoms with Crippen LogP contribution in [0.15, 0.2) is 54.0 Å². The minimum atomic E-state index is -0.609. The van der Waals surface area contributed by atoms with Crippen molar-refractivity contribution >= 4 is 30.3 Å². The molecule has 0 unspecified atom stereocenters. The number of aromatic amines is 1. The number of alkyl carbamates (subject to hydrolysis) is 1. The summed E-state index contributed by atoms with van der Waals surface area (Å²) < 4.78 is 17.8. The number of hydrogen-bond acceptors (Lipinski definition) is 6. The molecule has 2 heterocycles. The van der Waals surface area contributed by atoms with Crippen LogP contribution in [0.25, 0.3) is 17.1 Å². The number of nitrogens with zero attached hydrogens (tertiary/aromatic N) is 2. The van der Waals surface area contributed by atoms with Gasteiger partial charge in [-0.3, -0.25) is 0 Å². The zero-order chi connectivity index (χ0) is 22.8. The average Bonchev–Trinajstić information content (AvgIpc) is 3.31. The van der Waals surface area contributed by atoms with Crippen LogP contribution >= 0.6 is 0 Å². The second-order valence-corrected chi connectivity index (χ2v) is 8.79. The van der Waals surface area contributed by atoms with Gasteiger partial charge in [-0.25, -0.2) is 4.79 Å². The molecule has 0 saturated carbocycles. The molecule has 1 aromatic heterocycles. The largest absolute Gasteiger partial charge is 0.492 e. The lowest BCUT2D eigenvalue weighted by atomic mass is 9.77. The number of amides is 1. The molecule has 9 heteroatoms. The summed E-state index contributed by atoms with van der Waals surface area (Å²) in [6, 6.07) is 15.3. The molecule has 166 valence electrons. The van der Waals surface area contributed by atoms with Crippen LogP contribution in [0.3, 0.4) is 0 Å². The zero-order valence-corrected chi connectivity index (χ0v) is 18.7. The highest BCUT2D eigenvalue weighted by Crippen LogP contribution is 2.38. The molecule has 1 fully saturated rings. The molecular formula is C23H27BN4O4. The monoisotopic (exact) mass is 434 g/mol. The lowest BCUT2D eigenvalue weighted by molar-refractivity contribution is 0.00578. The lowest BCUT2D eigenvalue weighted by Crippen LogP contribution is -2.41. The Kier molecular flexibility index (Phi) is 6.03. The van der Waals surface area contributed by atoms with Gasteiger partial charge in [0, 0.05) is 6.54 Å². The first-order chi connectivity index (χ1) is 15.2. The number of H-pyrrole nitrogens is 1. The fourth-order valence-electron chi connectivity index (χ4n) is 3.31. The van der Waals surface area contributed by atoms with Crippen LogP contribution in [0.2, 0.25) is 0 Å². The fourth-order valence-corrected chi connectivity index (χ4v) is 3.31. The predicted molar refractivity (Wildman–Crippen MR) is 123 cm³/mol. The third-order valence-electron chi connectivity index (χ3n) is 5.90. The van der Waals surface area contributed by atoms with Gasteiger partial charge in [-0.2, -0.15) is 15.4 Å². The van der Waals surface area contributed by atoms with Crippen molar-refractivity contribution in [3.63, 3.8) is 0 Å². The predicted octanol–water partition coefficient (Wildman–Crippen LogP) is 3.90. The lowest BCUT2D eigenvalue weighted by Gasteiger charge is -2.32. The Morgan fingerprint density at radius 1 is 1.06 bits per heavy atom. The first kappa shape index (κ1) is 22.0. The van der Waals surface area contributed by atoms with Crippen molar-refractivity contribution in [2.45, 2.75) is 45.5 Å². The van der Waals surface area contributed by atoms with Crippen molar-refractivity contribution in [2.75, 3.05) is 6.54 Å². The summed E-state index contributed by atoms with van der Waals surface area (Å²) in [5.41, 5.74) is 3.12. The van der Waals surface area contributed by atoms with Crippen molar-refractivity contribution in [2.24, 2.45) is 0 Å². The number of aromatic nitrogens is 3. The van der Waals surface area contributed by atoms with Gasteiger partial charge in [-0.05, 0) is 56.4 Å². The Morgan fingerprint density at radius 3 is 2.47 bits per heavy atom. The maximum Gasteiger partial charge on any atom is 0.492 e. The van der Waals surface area contributed by atoms with Gasteiger partial charge in [0.25, 0.3) is 0 Å². The van der Waals surface area contributed by atoms with Crippen molar-refractivity contribution in [3.8, 4) is 0 Å². The summed E-state index contributed by atoms with van der Waals surface area (Å²) in [5.74, 6) is 0. The van der Waals surface area contributed by atoms with E-state index in [2.05, 4.69) is 20.7 Å². The molecule has 4 rings (SSSR count). The topological polar surface area (TPSA) is 98.4 Å². The number of fused-ring (bicyclic) bond motifs is 1. The van der Waals surface area contributed by atoms with E-state index in [0.29, 0.717) is 0 Å². The third-order valence-corrected chi connectivity index (χ3v) is 5.90. The normalized spacial score (nSPS) is 17.5. The second kappa shape index (κ2) is 8.76. The molecule has 1 amide bonds. The average molecular weight is 434 g/mol. The second-order valence-electron chi connectivity index (χ2n) is 8.79. The first-order valence-electron chi connectivity index (χ1n) is 10.5. The van der Waals surface area contributed by atoms with E-state index in [0.717, 1.165) is 27.6 Å². The number of nitrogens with one attached hydrogen (secondary N) is 2. The molecule has 1 aliphatic rings. The van der Waals surface area contributed by atoms with E-state index < -0.39 is 24.4 Å². The Bertz CT molecular complexity index is 1110. The van der Waals surface area contributed by atoms with Crippen LogP contribution in [0.5, 0.6) is 0 Å². The number of rotatable bonds is 6. The van der Waals surface area contributed by atoms with Gasteiger partial charge in [-0.15, -0.1) is 0 Å². The number of carbonyl (C=O) groups is 1. The van der Waals surface area contributed by atoms with Crippen LogP contribution in [0.4, 0.5) is 4.79 Å². The van der Waals surface area contributed by atoms with E-state index in [1.807, 2.05) is 82.3 Å². The highest BCUT2D eigenvalue weighted by molar-refractivity contribution is 6.56. The van der Waals surface area contributed by atoms with Crippen molar-refractivity contribution in [1.82, 2.24) is 20.7 Å². The molecule has 1 aliphatic heterocycles. The van der Waals surface area contributed by atoms with E-state index in [9.17, 15) is 4.79 Å². The van der Waals surface area contributed by atoms with Crippen LogP contribution in [-0.4, -0.2) is 46.4 Å². The van der Waals surface area contributed by atoms with Gasteiger partial charge in [-0.1, -0.05) is 42.5 Å². The summed E-state index contributed by atoms with van der Waals surface area (Å²) in [6.07, 6.45) is 1.43. The van der Waals surface area contributed by atoms with Crippen LogP contribution in [0.1, 0.15) is 38.8 Å². The molecule has 8 nitrogen and oxygen atoms in total. The number of hydrogen-bond donors (Lipinski definition) is 2. The Hall–Kier alpha value is -3.17. The zero-order valence-electron chi connectivity index (χ0n) is 18.7. The molecule has 1 saturated heterocycles. The summed E-state index contributed by atoms with van der Waals surface area (Å²) in [5, 5.41) is 13.7. The van der Waals surface area contributed by atoms with Gasteiger partial charge in [0.2, 0.25) is 0 Å². The van der Waals surface area contributed by atoms with E-state index >= 15 is 0 Å². The quantitative estimate of drug-likeness (QED) is 0.571. The number of carbonyl (C=O) groups excluding carboxylic acids is 1. The molecule has 0 aliphatic carbocycles. The van der Waals surface area contributed by atoms with E-state index in [4.69, 9.17) is 14.0 Å². The van der Waals surface area contributed by atoms with E-state index in [-0.39, 0.29) is 13.2 Å². The van der Waals surface area contributed by atoms with Gasteiger partial charge >= 0.3 is 13.2 Å². The van der Waals surface area contributed by atoms with Crippen molar-refractivity contribution < 1.29 is 18.8 Å². The van der Waals surface area contributed by atoms with Crippen LogP contribution in [0, 0.1) is 0 Å². The molecule has 32 heavy (non-hydrogen) atoms. The maximum absolute atomic E-state index is 12.3. The third kappa shape index (κ3) is 4.84. The van der Waals surface area contributed by atoms with Crippen LogP contribution in [-0.2, 0) is 20.7 Å². The minimum Gasteiger partial charge on any atom is -0.445 e.